The predicted molar refractivity (Wildman–Crippen MR) is 78.3 cm³/mol. The number of carbonyl (C=O) groups excluding carboxylic acids is 1. The molecule has 2 rings (SSSR count). The Morgan fingerprint density at radius 2 is 1.74 bits per heavy atom. The van der Waals surface area contributed by atoms with Gasteiger partial charge in [-0.25, -0.2) is 4.79 Å². The lowest BCUT2D eigenvalue weighted by molar-refractivity contribution is 0.0530. The molecule has 2 aromatic rings. The molecule has 0 spiro atoms. The van der Waals surface area contributed by atoms with Crippen molar-refractivity contribution in [1.29, 1.82) is 0 Å². The molecular weight excluding hydrogens is 258 g/mol. The quantitative estimate of drug-likeness (QED) is 0.393. The second-order valence-electron chi connectivity index (χ2n) is 3.89. The fourth-order valence-corrected chi connectivity index (χ4v) is 2.35. The fourth-order valence-electron chi connectivity index (χ4n) is 1.56. The molecule has 98 valence electrons. The summed E-state index contributed by atoms with van der Waals surface area (Å²) in [5.74, 6) is 0.398. The Kier molecular flexibility index (Phi) is 4.86. The predicted octanol–water partition coefficient (Wildman–Crippen LogP) is 3.22. The first-order valence-electron chi connectivity index (χ1n) is 5.97. The van der Waals surface area contributed by atoms with Gasteiger partial charge in [-0.15, -0.1) is 11.8 Å². The van der Waals surface area contributed by atoms with Crippen LogP contribution in [0.5, 0.6) is 0 Å². The highest BCUT2D eigenvalue weighted by atomic mass is 32.2. The average Bonchev–Trinajstić information content (AvgIpc) is 2.46. The lowest BCUT2D eigenvalue weighted by atomic mass is 10.2. The maximum Gasteiger partial charge on any atom is 0.338 e. The first-order chi connectivity index (χ1) is 9.27. The van der Waals surface area contributed by atoms with Gasteiger partial charge in [0.1, 0.15) is 6.61 Å². The standard InChI is InChI=1S/C15H15NO2S/c16-13-8-4-5-9-14(13)19-11-10-18-15(17)12-6-2-1-3-7-12/h1-9H,10-11,16H2. The van der Waals surface area contributed by atoms with Crippen LogP contribution in [0.2, 0.25) is 0 Å². The molecule has 3 nitrogen and oxygen atoms in total. The molecule has 19 heavy (non-hydrogen) atoms. The third-order valence-electron chi connectivity index (χ3n) is 2.50. The minimum absolute atomic E-state index is 0.290. The van der Waals surface area contributed by atoms with Gasteiger partial charge in [0, 0.05) is 16.3 Å². The summed E-state index contributed by atoms with van der Waals surface area (Å²) in [6.45, 7) is 0.368. The van der Waals surface area contributed by atoms with Crippen LogP contribution >= 0.6 is 11.8 Å². The van der Waals surface area contributed by atoms with Gasteiger partial charge in [-0.1, -0.05) is 30.3 Å². The molecule has 0 aromatic heterocycles. The van der Waals surface area contributed by atoms with E-state index >= 15 is 0 Å². The van der Waals surface area contributed by atoms with Gasteiger partial charge in [0.05, 0.1) is 5.56 Å². The van der Waals surface area contributed by atoms with Crippen LogP contribution < -0.4 is 5.73 Å². The summed E-state index contributed by atoms with van der Waals surface area (Å²) in [4.78, 5) is 12.7. The number of nitrogen functional groups attached to an aromatic ring is 1. The third-order valence-corrected chi connectivity index (χ3v) is 3.56. The van der Waals surface area contributed by atoms with Crippen LogP contribution in [0.1, 0.15) is 10.4 Å². The van der Waals surface area contributed by atoms with E-state index in [1.807, 2.05) is 42.5 Å². The van der Waals surface area contributed by atoms with E-state index in [9.17, 15) is 4.79 Å². The molecule has 0 amide bonds. The van der Waals surface area contributed by atoms with Crippen molar-refractivity contribution >= 4 is 23.4 Å². The molecule has 0 bridgehead atoms. The lowest BCUT2D eigenvalue weighted by Crippen LogP contribution is -2.07. The summed E-state index contributed by atoms with van der Waals surface area (Å²) in [5, 5.41) is 0. The summed E-state index contributed by atoms with van der Waals surface area (Å²) in [6.07, 6.45) is 0. The number of rotatable bonds is 5. The molecule has 0 saturated carbocycles. The molecule has 0 aliphatic carbocycles. The Hall–Kier alpha value is -1.94. The number of hydrogen-bond acceptors (Lipinski definition) is 4. The largest absolute Gasteiger partial charge is 0.461 e. The van der Waals surface area contributed by atoms with Crippen LogP contribution in [0.3, 0.4) is 0 Å². The van der Waals surface area contributed by atoms with Crippen molar-refractivity contribution in [2.45, 2.75) is 4.90 Å². The third kappa shape index (κ3) is 4.03. The summed E-state index contributed by atoms with van der Waals surface area (Å²) in [6, 6.07) is 16.6. The first kappa shape index (κ1) is 13.5. The molecule has 0 unspecified atom stereocenters. The van der Waals surface area contributed by atoms with Gasteiger partial charge in [0.25, 0.3) is 0 Å². The van der Waals surface area contributed by atoms with Crippen LogP contribution in [0.4, 0.5) is 5.69 Å². The summed E-state index contributed by atoms with van der Waals surface area (Å²) < 4.78 is 5.19. The Labute approximate surface area is 116 Å². The Bertz CT molecular complexity index is 543. The minimum atomic E-state index is -0.290. The molecule has 0 atom stereocenters. The first-order valence-corrected chi connectivity index (χ1v) is 6.95. The molecule has 0 radical (unpaired) electrons. The van der Waals surface area contributed by atoms with Gasteiger partial charge >= 0.3 is 5.97 Å². The van der Waals surface area contributed by atoms with E-state index in [-0.39, 0.29) is 5.97 Å². The van der Waals surface area contributed by atoms with E-state index < -0.39 is 0 Å². The van der Waals surface area contributed by atoms with E-state index in [2.05, 4.69) is 0 Å². The van der Waals surface area contributed by atoms with Crippen LogP contribution in [0, 0.1) is 0 Å². The molecule has 0 aliphatic rings. The number of esters is 1. The topological polar surface area (TPSA) is 52.3 Å². The van der Waals surface area contributed by atoms with Crippen LogP contribution in [-0.4, -0.2) is 18.3 Å². The van der Waals surface area contributed by atoms with E-state index in [0.717, 1.165) is 10.6 Å². The van der Waals surface area contributed by atoms with E-state index in [0.29, 0.717) is 17.9 Å². The SMILES string of the molecule is Nc1ccccc1SCCOC(=O)c1ccccc1. The number of para-hydroxylation sites is 1. The van der Waals surface area contributed by atoms with Crippen molar-refractivity contribution in [3.63, 3.8) is 0 Å². The van der Waals surface area contributed by atoms with Crippen molar-refractivity contribution in [1.82, 2.24) is 0 Å². The zero-order chi connectivity index (χ0) is 13.5. The Morgan fingerprint density at radius 3 is 2.47 bits per heavy atom. The summed E-state index contributed by atoms with van der Waals surface area (Å²) >= 11 is 1.58. The van der Waals surface area contributed by atoms with Crippen molar-refractivity contribution in [3.8, 4) is 0 Å². The number of hydrogen-bond donors (Lipinski definition) is 1. The molecule has 0 saturated heterocycles. The second-order valence-corrected chi connectivity index (χ2v) is 5.02. The highest BCUT2D eigenvalue weighted by molar-refractivity contribution is 7.99. The zero-order valence-corrected chi connectivity index (χ0v) is 11.2. The highest BCUT2D eigenvalue weighted by Gasteiger charge is 2.05. The van der Waals surface area contributed by atoms with Crippen molar-refractivity contribution in [2.24, 2.45) is 0 Å². The number of thioether (sulfide) groups is 1. The zero-order valence-electron chi connectivity index (χ0n) is 10.4. The minimum Gasteiger partial charge on any atom is -0.461 e. The maximum absolute atomic E-state index is 11.7. The van der Waals surface area contributed by atoms with Crippen LogP contribution in [0.25, 0.3) is 0 Å². The number of ether oxygens (including phenoxy) is 1. The molecule has 0 fully saturated rings. The number of anilines is 1. The van der Waals surface area contributed by atoms with Gasteiger partial charge < -0.3 is 10.5 Å². The maximum atomic E-state index is 11.7. The number of carbonyl (C=O) groups is 1. The smallest absolute Gasteiger partial charge is 0.338 e. The van der Waals surface area contributed by atoms with Crippen molar-refractivity contribution in [3.05, 3.63) is 60.2 Å². The lowest BCUT2D eigenvalue weighted by Gasteiger charge is -2.06. The van der Waals surface area contributed by atoms with E-state index in [1.54, 1.807) is 23.9 Å². The second kappa shape index (κ2) is 6.85. The van der Waals surface area contributed by atoms with Gasteiger partial charge in [-0.05, 0) is 24.3 Å². The van der Waals surface area contributed by atoms with Crippen LogP contribution in [0.15, 0.2) is 59.5 Å². The van der Waals surface area contributed by atoms with Gasteiger partial charge in [-0.3, -0.25) is 0 Å². The highest BCUT2D eigenvalue weighted by Crippen LogP contribution is 2.23. The number of benzene rings is 2. The molecule has 4 heteroatoms. The van der Waals surface area contributed by atoms with E-state index in [4.69, 9.17) is 10.5 Å². The molecule has 0 heterocycles. The van der Waals surface area contributed by atoms with Crippen molar-refractivity contribution < 1.29 is 9.53 Å². The monoisotopic (exact) mass is 273 g/mol. The summed E-state index contributed by atoms with van der Waals surface area (Å²) in [5.41, 5.74) is 7.15. The molecular formula is C15H15NO2S. The van der Waals surface area contributed by atoms with Gasteiger partial charge in [0.2, 0.25) is 0 Å². The fraction of sp³-hybridized carbons (Fsp3) is 0.133. The Morgan fingerprint density at radius 1 is 1.05 bits per heavy atom. The van der Waals surface area contributed by atoms with Crippen LogP contribution in [-0.2, 0) is 4.74 Å². The number of nitrogens with two attached hydrogens (primary N) is 1. The molecule has 0 aliphatic heterocycles. The normalized spacial score (nSPS) is 10.1. The molecule has 2 N–H and O–H groups in total. The van der Waals surface area contributed by atoms with Crippen molar-refractivity contribution in [2.75, 3.05) is 18.1 Å². The van der Waals surface area contributed by atoms with Gasteiger partial charge in [0.15, 0.2) is 0 Å². The Balaban J connectivity index is 1.76. The van der Waals surface area contributed by atoms with E-state index in [1.165, 1.54) is 0 Å². The summed E-state index contributed by atoms with van der Waals surface area (Å²) in [7, 11) is 0. The molecule has 2 aromatic carbocycles. The van der Waals surface area contributed by atoms with Gasteiger partial charge in [-0.2, -0.15) is 0 Å². The average molecular weight is 273 g/mol.